The van der Waals surface area contributed by atoms with Crippen LogP contribution in [0.2, 0.25) is 0 Å². The number of halogens is 1. The number of hydrogen-bond acceptors (Lipinski definition) is 5. The molecule has 1 fully saturated rings. The highest BCUT2D eigenvalue weighted by Gasteiger charge is 2.33. The van der Waals surface area contributed by atoms with Crippen LogP contribution in [-0.4, -0.2) is 56.9 Å². The van der Waals surface area contributed by atoms with Crippen LogP contribution < -0.4 is 0 Å². The van der Waals surface area contributed by atoms with E-state index in [9.17, 15) is 4.39 Å². The van der Waals surface area contributed by atoms with E-state index in [4.69, 9.17) is 0 Å². The quantitative estimate of drug-likeness (QED) is 0.768. The topological polar surface area (TPSA) is 37.2 Å². The number of alkyl halides is 1. The van der Waals surface area contributed by atoms with Crippen molar-refractivity contribution in [3.8, 4) is 0 Å². The van der Waals surface area contributed by atoms with Gasteiger partial charge in [-0.25, -0.2) is 9.37 Å². The van der Waals surface area contributed by atoms with Gasteiger partial charge in [-0.3, -0.25) is 14.5 Å². The third kappa shape index (κ3) is 4.20. The number of hydrogen-bond donors (Lipinski definition) is 0. The third-order valence-corrected chi connectivity index (χ3v) is 5.66. The van der Waals surface area contributed by atoms with Crippen LogP contribution in [0.4, 0.5) is 4.39 Å². The lowest BCUT2D eigenvalue weighted by Crippen LogP contribution is -2.38. The maximum Gasteiger partial charge on any atom is 0.114 e. The molecule has 3 heterocycles. The zero-order chi connectivity index (χ0) is 17.1. The van der Waals surface area contributed by atoms with Crippen LogP contribution in [0.25, 0.3) is 0 Å². The maximum absolute atomic E-state index is 14.0. The molecular formula is C17H26FN5S. The zero-order valence-electron chi connectivity index (χ0n) is 14.7. The van der Waals surface area contributed by atoms with Crippen molar-refractivity contribution >= 4 is 11.3 Å². The molecule has 0 saturated carbocycles. The molecule has 1 saturated heterocycles. The number of likely N-dealkylation sites (N-methyl/N-ethyl adjacent to an activating group) is 1. The molecule has 5 nitrogen and oxygen atoms in total. The Kier molecular flexibility index (Phi) is 5.63. The SMILES string of the molecule is CCc1nc(CN(C)C[C@@H]2C[C@H](F)CN2Cc2ccnn2C)cs1. The molecule has 0 unspecified atom stereocenters. The molecule has 0 radical (unpaired) electrons. The molecule has 0 aliphatic carbocycles. The van der Waals surface area contributed by atoms with Gasteiger partial charge in [0.2, 0.25) is 0 Å². The molecule has 0 amide bonds. The lowest BCUT2D eigenvalue weighted by Gasteiger charge is -2.28. The number of nitrogens with zero attached hydrogens (tertiary/aromatic N) is 5. The molecule has 3 rings (SSSR count). The van der Waals surface area contributed by atoms with Gasteiger partial charge in [0.1, 0.15) is 6.17 Å². The van der Waals surface area contributed by atoms with Gasteiger partial charge in [0.05, 0.1) is 16.4 Å². The van der Waals surface area contributed by atoms with E-state index in [2.05, 4.69) is 39.2 Å². The number of aryl methyl sites for hydroxylation is 2. The van der Waals surface area contributed by atoms with Crippen molar-refractivity contribution in [1.82, 2.24) is 24.6 Å². The molecule has 1 aliphatic heterocycles. The fourth-order valence-electron chi connectivity index (χ4n) is 3.36. The van der Waals surface area contributed by atoms with Crippen LogP contribution in [0.15, 0.2) is 17.6 Å². The van der Waals surface area contributed by atoms with Crippen molar-refractivity contribution in [2.24, 2.45) is 7.05 Å². The summed E-state index contributed by atoms with van der Waals surface area (Å²) in [5.41, 5.74) is 2.25. The van der Waals surface area contributed by atoms with E-state index in [0.717, 1.165) is 37.4 Å². The molecule has 2 aromatic heterocycles. The zero-order valence-corrected chi connectivity index (χ0v) is 15.5. The molecule has 0 aromatic carbocycles. The van der Waals surface area contributed by atoms with E-state index in [1.54, 1.807) is 17.5 Å². The molecule has 2 atom stereocenters. The highest BCUT2D eigenvalue weighted by atomic mass is 32.1. The predicted octanol–water partition coefficient (Wildman–Crippen LogP) is 2.48. The summed E-state index contributed by atoms with van der Waals surface area (Å²) in [4.78, 5) is 9.13. The van der Waals surface area contributed by atoms with Gasteiger partial charge in [-0.2, -0.15) is 5.10 Å². The second-order valence-electron chi connectivity index (χ2n) is 6.65. The van der Waals surface area contributed by atoms with Gasteiger partial charge in [0, 0.05) is 50.8 Å². The van der Waals surface area contributed by atoms with Gasteiger partial charge in [0.25, 0.3) is 0 Å². The summed E-state index contributed by atoms with van der Waals surface area (Å²) in [6.07, 6.45) is 2.66. The second-order valence-corrected chi connectivity index (χ2v) is 7.59. The average Bonchev–Trinajstić information content (AvgIpc) is 3.22. The van der Waals surface area contributed by atoms with Crippen molar-refractivity contribution in [1.29, 1.82) is 0 Å². The van der Waals surface area contributed by atoms with E-state index in [0.29, 0.717) is 13.0 Å². The summed E-state index contributed by atoms with van der Waals surface area (Å²) in [5, 5.41) is 7.52. The monoisotopic (exact) mass is 351 g/mol. The molecule has 0 spiro atoms. The largest absolute Gasteiger partial charge is 0.299 e. The summed E-state index contributed by atoms with van der Waals surface area (Å²) in [6.45, 7) is 5.08. The standard InChI is InChI=1S/C17H26FN5S/c1-4-17-20-14(12-24-17)9-21(2)10-16-7-13(18)8-23(16)11-15-5-6-19-22(15)3/h5-6,12-13,16H,4,7-11H2,1-3H3/t13-,16-/m0/s1. The molecular weight excluding hydrogens is 325 g/mol. The van der Waals surface area contributed by atoms with E-state index in [1.165, 1.54) is 5.01 Å². The molecule has 24 heavy (non-hydrogen) atoms. The van der Waals surface area contributed by atoms with Crippen LogP contribution >= 0.6 is 11.3 Å². The van der Waals surface area contributed by atoms with Crippen LogP contribution in [0.5, 0.6) is 0 Å². The Hall–Kier alpha value is -1.31. The van der Waals surface area contributed by atoms with Crippen molar-refractivity contribution in [3.05, 3.63) is 34.0 Å². The predicted molar refractivity (Wildman–Crippen MR) is 94.7 cm³/mol. The van der Waals surface area contributed by atoms with Crippen LogP contribution in [-0.2, 0) is 26.6 Å². The Balaban J connectivity index is 1.58. The fourth-order valence-corrected chi connectivity index (χ4v) is 4.09. The van der Waals surface area contributed by atoms with Crippen LogP contribution in [0, 0.1) is 0 Å². The summed E-state index contributed by atoms with van der Waals surface area (Å²) < 4.78 is 15.9. The maximum atomic E-state index is 14.0. The third-order valence-electron chi connectivity index (χ3n) is 4.62. The summed E-state index contributed by atoms with van der Waals surface area (Å²) in [7, 11) is 4.03. The summed E-state index contributed by atoms with van der Waals surface area (Å²) in [5.74, 6) is 0. The van der Waals surface area contributed by atoms with E-state index >= 15 is 0 Å². The van der Waals surface area contributed by atoms with Gasteiger partial charge >= 0.3 is 0 Å². The fraction of sp³-hybridized carbons (Fsp3) is 0.647. The highest BCUT2D eigenvalue weighted by Crippen LogP contribution is 2.23. The second kappa shape index (κ2) is 7.72. The normalized spacial score (nSPS) is 21.9. The summed E-state index contributed by atoms with van der Waals surface area (Å²) in [6, 6.07) is 2.25. The first kappa shape index (κ1) is 17.5. The van der Waals surface area contributed by atoms with Gasteiger partial charge in [0.15, 0.2) is 0 Å². The van der Waals surface area contributed by atoms with Gasteiger partial charge in [-0.1, -0.05) is 6.92 Å². The number of likely N-dealkylation sites (tertiary alicyclic amines) is 1. The lowest BCUT2D eigenvalue weighted by molar-refractivity contribution is 0.176. The Bertz CT molecular complexity index is 655. The van der Waals surface area contributed by atoms with Crippen molar-refractivity contribution in [2.75, 3.05) is 20.1 Å². The minimum atomic E-state index is -0.734. The van der Waals surface area contributed by atoms with Gasteiger partial charge in [-0.05, 0) is 26.0 Å². The average molecular weight is 351 g/mol. The first-order valence-electron chi connectivity index (χ1n) is 8.52. The molecule has 1 aliphatic rings. The first-order valence-corrected chi connectivity index (χ1v) is 9.40. The Morgan fingerprint density at radius 1 is 1.46 bits per heavy atom. The molecule has 0 bridgehead atoms. The van der Waals surface area contributed by atoms with E-state index in [-0.39, 0.29) is 6.04 Å². The number of rotatable bonds is 7. The smallest absolute Gasteiger partial charge is 0.114 e. The minimum Gasteiger partial charge on any atom is -0.299 e. The highest BCUT2D eigenvalue weighted by molar-refractivity contribution is 7.09. The van der Waals surface area contributed by atoms with E-state index < -0.39 is 6.17 Å². The number of aromatic nitrogens is 3. The lowest BCUT2D eigenvalue weighted by atomic mass is 10.2. The molecule has 2 aromatic rings. The van der Waals surface area contributed by atoms with Crippen molar-refractivity contribution in [3.63, 3.8) is 0 Å². The van der Waals surface area contributed by atoms with Gasteiger partial charge in [-0.15, -0.1) is 11.3 Å². The van der Waals surface area contributed by atoms with Gasteiger partial charge < -0.3 is 0 Å². The Morgan fingerprint density at radius 3 is 2.96 bits per heavy atom. The van der Waals surface area contributed by atoms with Crippen molar-refractivity contribution in [2.45, 2.75) is 45.1 Å². The molecule has 7 heteroatoms. The molecule has 132 valence electrons. The Morgan fingerprint density at radius 2 is 2.29 bits per heavy atom. The van der Waals surface area contributed by atoms with Crippen LogP contribution in [0.3, 0.4) is 0 Å². The van der Waals surface area contributed by atoms with Crippen LogP contribution in [0.1, 0.15) is 29.7 Å². The molecule has 0 N–H and O–H groups in total. The number of thiazole rings is 1. The Labute approximate surface area is 147 Å². The van der Waals surface area contributed by atoms with E-state index in [1.807, 2.05) is 17.8 Å². The summed E-state index contributed by atoms with van der Waals surface area (Å²) >= 11 is 1.72. The first-order chi connectivity index (χ1) is 11.5. The van der Waals surface area contributed by atoms with Crippen molar-refractivity contribution < 1.29 is 4.39 Å². The minimum absolute atomic E-state index is 0.240.